The van der Waals surface area contributed by atoms with Crippen molar-refractivity contribution in [3.63, 3.8) is 0 Å². The molecule has 0 atom stereocenters. The molecule has 1 aromatic heterocycles. The van der Waals surface area contributed by atoms with E-state index >= 15 is 0 Å². The molecule has 0 unspecified atom stereocenters. The second kappa shape index (κ2) is 6.53. The number of piperidine rings is 1. The quantitative estimate of drug-likeness (QED) is 0.819. The Labute approximate surface area is 116 Å². The zero-order valence-electron chi connectivity index (χ0n) is 12.8. The normalized spacial score (nSPS) is 18.4. The first kappa shape index (κ1) is 14.5. The first-order valence-corrected chi connectivity index (χ1v) is 7.53. The molecule has 1 aliphatic rings. The van der Waals surface area contributed by atoms with Gasteiger partial charge in [-0.1, -0.05) is 19.0 Å². The lowest BCUT2D eigenvalue weighted by Gasteiger charge is -2.37. The van der Waals surface area contributed by atoms with Crippen LogP contribution < -0.4 is 0 Å². The van der Waals surface area contributed by atoms with Crippen LogP contribution in [0.15, 0.2) is 4.52 Å². The lowest BCUT2D eigenvalue weighted by molar-refractivity contribution is 0.112. The third kappa shape index (κ3) is 3.37. The summed E-state index contributed by atoms with van der Waals surface area (Å²) in [7, 11) is 0. The van der Waals surface area contributed by atoms with E-state index in [4.69, 9.17) is 4.52 Å². The Bertz CT molecular complexity index is 371. The lowest BCUT2D eigenvalue weighted by atomic mass is 10.0. The average Bonchev–Trinajstić information content (AvgIpc) is 2.74. The maximum Gasteiger partial charge on any atom is 0.138 e. The van der Waals surface area contributed by atoms with Gasteiger partial charge in [0.25, 0.3) is 0 Å². The van der Waals surface area contributed by atoms with E-state index in [2.05, 4.69) is 28.8 Å². The van der Waals surface area contributed by atoms with Gasteiger partial charge in [0.15, 0.2) is 0 Å². The van der Waals surface area contributed by atoms with Gasteiger partial charge in [0.2, 0.25) is 0 Å². The molecule has 0 radical (unpaired) electrons. The van der Waals surface area contributed by atoms with E-state index in [1.807, 2.05) is 13.8 Å². The summed E-state index contributed by atoms with van der Waals surface area (Å²) in [4.78, 5) is 5.12. The van der Waals surface area contributed by atoms with E-state index in [1.165, 1.54) is 44.6 Å². The number of likely N-dealkylation sites (tertiary alicyclic amines) is 1. The Balaban J connectivity index is 1.87. The van der Waals surface area contributed by atoms with Crippen LogP contribution in [0.25, 0.3) is 0 Å². The van der Waals surface area contributed by atoms with Crippen LogP contribution in [0.3, 0.4) is 0 Å². The first-order chi connectivity index (χ1) is 9.15. The zero-order valence-corrected chi connectivity index (χ0v) is 12.8. The van der Waals surface area contributed by atoms with Crippen LogP contribution in [0, 0.1) is 13.8 Å². The van der Waals surface area contributed by atoms with Crippen molar-refractivity contribution >= 4 is 0 Å². The van der Waals surface area contributed by atoms with Crippen molar-refractivity contribution in [3.8, 4) is 0 Å². The second-order valence-corrected chi connectivity index (χ2v) is 5.53. The van der Waals surface area contributed by atoms with Gasteiger partial charge in [-0.05, 0) is 52.9 Å². The van der Waals surface area contributed by atoms with Gasteiger partial charge in [0.1, 0.15) is 5.76 Å². The van der Waals surface area contributed by atoms with E-state index < -0.39 is 0 Å². The van der Waals surface area contributed by atoms with Gasteiger partial charge >= 0.3 is 0 Å². The molecule has 0 aromatic carbocycles. The molecule has 1 aliphatic heterocycles. The molecule has 4 nitrogen and oxygen atoms in total. The fourth-order valence-electron chi connectivity index (χ4n) is 3.13. The first-order valence-electron chi connectivity index (χ1n) is 7.53. The number of hydrogen-bond acceptors (Lipinski definition) is 4. The predicted molar refractivity (Wildman–Crippen MR) is 77.2 cm³/mol. The monoisotopic (exact) mass is 265 g/mol. The molecule has 0 aliphatic carbocycles. The molecule has 19 heavy (non-hydrogen) atoms. The van der Waals surface area contributed by atoms with Crippen LogP contribution in [0.5, 0.6) is 0 Å². The Morgan fingerprint density at radius 3 is 2.32 bits per heavy atom. The van der Waals surface area contributed by atoms with Gasteiger partial charge in [-0.15, -0.1) is 0 Å². The van der Waals surface area contributed by atoms with Crippen molar-refractivity contribution in [3.05, 3.63) is 17.0 Å². The fraction of sp³-hybridized carbons (Fsp3) is 0.800. The van der Waals surface area contributed by atoms with E-state index in [0.29, 0.717) is 0 Å². The molecular weight excluding hydrogens is 238 g/mol. The predicted octanol–water partition coefficient (Wildman–Crippen LogP) is 2.60. The Morgan fingerprint density at radius 1 is 1.21 bits per heavy atom. The molecule has 1 fully saturated rings. The SMILES string of the molecule is CCN(CC)C1CCN(Cc2c(C)noc2C)CC1. The minimum atomic E-state index is 0.774. The number of aromatic nitrogens is 1. The fourth-order valence-corrected chi connectivity index (χ4v) is 3.13. The molecule has 4 heteroatoms. The van der Waals surface area contributed by atoms with Gasteiger partial charge in [-0.3, -0.25) is 4.90 Å². The smallest absolute Gasteiger partial charge is 0.138 e. The maximum absolute atomic E-state index is 5.25. The van der Waals surface area contributed by atoms with Crippen molar-refractivity contribution in [2.45, 2.75) is 53.1 Å². The van der Waals surface area contributed by atoms with Crippen LogP contribution >= 0.6 is 0 Å². The minimum Gasteiger partial charge on any atom is -0.361 e. The van der Waals surface area contributed by atoms with Crippen molar-refractivity contribution < 1.29 is 4.52 Å². The highest BCUT2D eigenvalue weighted by Crippen LogP contribution is 2.20. The van der Waals surface area contributed by atoms with E-state index in [0.717, 1.165) is 24.0 Å². The maximum atomic E-state index is 5.25. The van der Waals surface area contributed by atoms with Crippen molar-refractivity contribution in [2.24, 2.45) is 0 Å². The molecule has 0 saturated carbocycles. The third-order valence-corrected chi connectivity index (χ3v) is 4.45. The highest BCUT2D eigenvalue weighted by molar-refractivity contribution is 5.20. The van der Waals surface area contributed by atoms with E-state index in [-0.39, 0.29) is 0 Å². The van der Waals surface area contributed by atoms with E-state index in [9.17, 15) is 0 Å². The Morgan fingerprint density at radius 2 is 1.84 bits per heavy atom. The average molecular weight is 265 g/mol. The van der Waals surface area contributed by atoms with Crippen LogP contribution in [0.2, 0.25) is 0 Å². The summed E-state index contributed by atoms with van der Waals surface area (Å²) in [6.07, 6.45) is 2.57. The molecule has 0 spiro atoms. The number of nitrogens with zero attached hydrogens (tertiary/aromatic N) is 3. The minimum absolute atomic E-state index is 0.774. The Kier molecular flexibility index (Phi) is 4.99. The molecule has 2 rings (SSSR count). The van der Waals surface area contributed by atoms with Gasteiger partial charge in [0, 0.05) is 18.2 Å². The Hall–Kier alpha value is -0.870. The van der Waals surface area contributed by atoms with Crippen molar-refractivity contribution in [1.29, 1.82) is 0 Å². The van der Waals surface area contributed by atoms with Gasteiger partial charge < -0.3 is 9.42 Å². The molecule has 1 saturated heterocycles. The summed E-state index contributed by atoms with van der Waals surface area (Å²) in [6.45, 7) is 14.3. The molecule has 0 amide bonds. The van der Waals surface area contributed by atoms with Crippen molar-refractivity contribution in [2.75, 3.05) is 26.2 Å². The standard InChI is InChI=1S/C15H27N3O/c1-5-18(6-2)14-7-9-17(10-8-14)11-15-12(3)16-19-13(15)4/h14H,5-11H2,1-4H3. The number of aryl methyl sites for hydroxylation is 2. The van der Waals surface area contributed by atoms with Crippen LogP contribution in [0.1, 0.15) is 43.7 Å². The lowest BCUT2D eigenvalue weighted by Crippen LogP contribution is -2.44. The van der Waals surface area contributed by atoms with Crippen LogP contribution in [0.4, 0.5) is 0 Å². The summed E-state index contributed by atoms with van der Waals surface area (Å²) in [6, 6.07) is 0.774. The molecule has 2 heterocycles. The number of rotatable bonds is 5. The van der Waals surface area contributed by atoms with Gasteiger partial charge in [-0.25, -0.2) is 0 Å². The van der Waals surface area contributed by atoms with Crippen molar-refractivity contribution in [1.82, 2.24) is 15.0 Å². The molecule has 1 aromatic rings. The second-order valence-electron chi connectivity index (χ2n) is 5.53. The molecule has 108 valence electrons. The summed E-state index contributed by atoms with van der Waals surface area (Å²) < 4.78 is 5.25. The molecular formula is C15H27N3O. The largest absolute Gasteiger partial charge is 0.361 e. The van der Waals surface area contributed by atoms with Gasteiger partial charge in [-0.2, -0.15) is 0 Å². The molecule has 0 bridgehead atoms. The van der Waals surface area contributed by atoms with Crippen LogP contribution in [-0.4, -0.2) is 47.2 Å². The number of hydrogen-bond donors (Lipinski definition) is 0. The topological polar surface area (TPSA) is 32.5 Å². The molecule has 0 N–H and O–H groups in total. The van der Waals surface area contributed by atoms with Gasteiger partial charge in [0.05, 0.1) is 5.69 Å². The zero-order chi connectivity index (χ0) is 13.8. The van der Waals surface area contributed by atoms with E-state index in [1.54, 1.807) is 0 Å². The highest BCUT2D eigenvalue weighted by atomic mass is 16.5. The summed E-state index contributed by atoms with van der Waals surface area (Å²) in [5, 5.41) is 4.04. The highest BCUT2D eigenvalue weighted by Gasteiger charge is 2.24. The van der Waals surface area contributed by atoms with Crippen LogP contribution in [-0.2, 0) is 6.54 Å². The third-order valence-electron chi connectivity index (χ3n) is 4.45. The summed E-state index contributed by atoms with van der Waals surface area (Å²) in [5.41, 5.74) is 2.32. The summed E-state index contributed by atoms with van der Waals surface area (Å²) in [5.74, 6) is 0.975. The summed E-state index contributed by atoms with van der Waals surface area (Å²) >= 11 is 0.